The summed E-state index contributed by atoms with van der Waals surface area (Å²) in [6.45, 7) is 0.197. The molecule has 6 heteroatoms. The minimum absolute atomic E-state index is 0.0880. The first-order valence-corrected chi connectivity index (χ1v) is 6.97. The average Bonchev–Trinajstić information content (AvgIpc) is 3.15. The summed E-state index contributed by atoms with van der Waals surface area (Å²) >= 11 is 0. The van der Waals surface area contributed by atoms with E-state index in [1.54, 1.807) is 18.2 Å². The van der Waals surface area contributed by atoms with Crippen LogP contribution in [-0.2, 0) is 16.0 Å². The maximum Gasteiger partial charge on any atom is 0.323 e. The number of hydrogen-bond donors (Lipinski definition) is 2. The highest BCUT2D eigenvalue weighted by Crippen LogP contribution is 2.30. The number of nitrogens with zero attached hydrogens (tertiary/aromatic N) is 1. The van der Waals surface area contributed by atoms with Gasteiger partial charge in [-0.25, -0.2) is 0 Å². The zero-order valence-electron chi connectivity index (χ0n) is 11.5. The monoisotopic (exact) mass is 288 g/mol. The number of benzene rings is 1. The molecule has 6 nitrogen and oxygen atoms in total. The molecule has 1 heterocycles. The molecule has 0 radical (unpaired) electrons. The second-order valence-corrected chi connectivity index (χ2v) is 5.62. The van der Waals surface area contributed by atoms with Crippen molar-refractivity contribution in [3.63, 3.8) is 0 Å². The lowest BCUT2D eigenvalue weighted by atomic mass is 10.1. The highest BCUT2D eigenvalue weighted by molar-refractivity contribution is 6.02. The molecule has 0 unspecified atom stereocenters. The van der Waals surface area contributed by atoms with Gasteiger partial charge in [0.05, 0.1) is 6.42 Å². The van der Waals surface area contributed by atoms with Crippen molar-refractivity contribution in [1.29, 1.82) is 0 Å². The molecule has 1 aliphatic carbocycles. The fourth-order valence-electron chi connectivity index (χ4n) is 2.54. The first kappa shape index (κ1) is 13.6. The fraction of sp³-hybridized carbons (Fsp3) is 0.400. The van der Waals surface area contributed by atoms with Crippen molar-refractivity contribution in [2.75, 3.05) is 18.4 Å². The molecule has 0 aromatic heterocycles. The molecule has 1 aromatic rings. The molecule has 1 aromatic carbocycles. The minimum Gasteiger partial charge on any atom is -0.480 e. The molecule has 0 spiro atoms. The number of carboxylic acid groups (broad SMARTS) is 1. The third-order valence-corrected chi connectivity index (χ3v) is 3.77. The van der Waals surface area contributed by atoms with Crippen LogP contribution in [0.4, 0.5) is 5.69 Å². The summed E-state index contributed by atoms with van der Waals surface area (Å²) in [6, 6.07) is 5.01. The second-order valence-electron chi connectivity index (χ2n) is 5.62. The van der Waals surface area contributed by atoms with Gasteiger partial charge in [0.15, 0.2) is 0 Å². The molecular weight excluding hydrogens is 272 g/mol. The van der Waals surface area contributed by atoms with Gasteiger partial charge >= 0.3 is 5.97 Å². The van der Waals surface area contributed by atoms with Crippen molar-refractivity contribution in [3.8, 4) is 0 Å². The summed E-state index contributed by atoms with van der Waals surface area (Å²) in [6.07, 6.45) is 2.36. The second kappa shape index (κ2) is 5.20. The maximum absolute atomic E-state index is 12.5. The van der Waals surface area contributed by atoms with Crippen molar-refractivity contribution in [3.05, 3.63) is 29.3 Å². The highest BCUT2D eigenvalue weighted by Gasteiger charge is 2.29. The molecule has 21 heavy (non-hydrogen) atoms. The number of nitrogens with one attached hydrogen (secondary N) is 1. The number of carbonyl (C=O) groups excluding carboxylic acids is 2. The molecule has 1 fully saturated rings. The van der Waals surface area contributed by atoms with Crippen LogP contribution < -0.4 is 5.32 Å². The van der Waals surface area contributed by atoms with Crippen LogP contribution in [0.25, 0.3) is 0 Å². The summed E-state index contributed by atoms with van der Waals surface area (Å²) in [4.78, 5) is 36.1. The lowest BCUT2D eigenvalue weighted by Gasteiger charge is -2.20. The normalized spacial score (nSPS) is 16.3. The molecule has 0 bridgehead atoms. The van der Waals surface area contributed by atoms with E-state index in [1.807, 2.05) is 0 Å². The van der Waals surface area contributed by atoms with Crippen LogP contribution >= 0.6 is 0 Å². The minimum atomic E-state index is -1.01. The summed E-state index contributed by atoms with van der Waals surface area (Å²) in [5.74, 6) is -0.964. The Kier molecular flexibility index (Phi) is 3.37. The molecular formula is C15H16N2O4. The summed E-state index contributed by atoms with van der Waals surface area (Å²) < 4.78 is 0. The molecule has 2 N–H and O–H groups in total. The molecule has 0 saturated heterocycles. The van der Waals surface area contributed by atoms with Gasteiger partial charge in [0.25, 0.3) is 5.91 Å². The molecule has 0 atom stereocenters. The average molecular weight is 288 g/mol. The molecule has 3 rings (SSSR count). The van der Waals surface area contributed by atoms with Gasteiger partial charge in [-0.15, -0.1) is 0 Å². The van der Waals surface area contributed by atoms with Gasteiger partial charge in [-0.1, -0.05) is 0 Å². The van der Waals surface area contributed by atoms with Crippen LogP contribution in [0, 0.1) is 5.92 Å². The zero-order chi connectivity index (χ0) is 15.0. The van der Waals surface area contributed by atoms with Crippen molar-refractivity contribution >= 4 is 23.5 Å². The Balaban J connectivity index is 1.80. The third kappa shape index (κ3) is 3.04. The summed E-state index contributed by atoms with van der Waals surface area (Å²) in [7, 11) is 0. The van der Waals surface area contributed by atoms with E-state index < -0.39 is 5.97 Å². The molecule has 2 amide bonds. The van der Waals surface area contributed by atoms with E-state index in [2.05, 4.69) is 5.32 Å². The Morgan fingerprint density at radius 2 is 2.10 bits per heavy atom. The maximum atomic E-state index is 12.5. The topological polar surface area (TPSA) is 86.7 Å². The van der Waals surface area contributed by atoms with Crippen molar-refractivity contribution in [2.24, 2.45) is 5.92 Å². The molecule has 1 aliphatic heterocycles. The van der Waals surface area contributed by atoms with Crippen molar-refractivity contribution < 1.29 is 19.5 Å². The number of aliphatic carboxylic acids is 1. The Hall–Kier alpha value is -2.37. The van der Waals surface area contributed by atoms with E-state index in [4.69, 9.17) is 5.11 Å². The number of carbonyl (C=O) groups is 3. The van der Waals surface area contributed by atoms with Crippen LogP contribution in [-0.4, -0.2) is 40.9 Å². The zero-order valence-corrected chi connectivity index (χ0v) is 11.5. The predicted molar refractivity (Wildman–Crippen MR) is 75.0 cm³/mol. The fourth-order valence-corrected chi connectivity index (χ4v) is 2.54. The van der Waals surface area contributed by atoms with Gasteiger partial charge in [-0.2, -0.15) is 0 Å². The first-order valence-electron chi connectivity index (χ1n) is 6.97. The number of amides is 2. The standard InChI is InChI=1S/C15H16N2O4/c18-13-6-11-5-10(3-4-12(11)16-13)15(21)17(8-14(19)20)7-9-1-2-9/h3-5,9H,1-2,6-8H2,(H,16,18)(H,19,20). The number of hydrogen-bond acceptors (Lipinski definition) is 3. The van der Waals surface area contributed by atoms with Crippen LogP contribution in [0.5, 0.6) is 0 Å². The van der Waals surface area contributed by atoms with Crippen molar-refractivity contribution in [2.45, 2.75) is 19.3 Å². The van der Waals surface area contributed by atoms with E-state index in [0.717, 1.165) is 24.1 Å². The van der Waals surface area contributed by atoms with Gasteiger partial charge in [0, 0.05) is 17.8 Å². The number of anilines is 1. The lowest BCUT2D eigenvalue weighted by molar-refractivity contribution is -0.137. The van der Waals surface area contributed by atoms with Gasteiger partial charge < -0.3 is 15.3 Å². The number of carboxylic acids is 1. The number of fused-ring (bicyclic) bond motifs is 1. The highest BCUT2D eigenvalue weighted by atomic mass is 16.4. The van der Waals surface area contributed by atoms with E-state index in [9.17, 15) is 14.4 Å². The Bertz CT molecular complexity index is 622. The van der Waals surface area contributed by atoms with Gasteiger partial charge in [0.2, 0.25) is 5.91 Å². The summed E-state index contributed by atoms with van der Waals surface area (Å²) in [5, 5.41) is 11.7. The Morgan fingerprint density at radius 1 is 1.33 bits per heavy atom. The Labute approximate surface area is 121 Å². The van der Waals surface area contributed by atoms with Gasteiger partial charge in [-0.3, -0.25) is 14.4 Å². The van der Waals surface area contributed by atoms with Gasteiger partial charge in [0.1, 0.15) is 6.54 Å². The van der Waals surface area contributed by atoms with Crippen LogP contribution in [0.2, 0.25) is 0 Å². The Morgan fingerprint density at radius 3 is 2.76 bits per heavy atom. The van der Waals surface area contributed by atoms with E-state index in [0.29, 0.717) is 18.0 Å². The van der Waals surface area contributed by atoms with Gasteiger partial charge in [-0.05, 0) is 42.5 Å². The van der Waals surface area contributed by atoms with Crippen LogP contribution in [0.1, 0.15) is 28.8 Å². The van der Waals surface area contributed by atoms with E-state index >= 15 is 0 Å². The van der Waals surface area contributed by atoms with E-state index in [1.165, 1.54) is 4.90 Å². The quantitative estimate of drug-likeness (QED) is 0.850. The van der Waals surface area contributed by atoms with E-state index in [-0.39, 0.29) is 24.8 Å². The van der Waals surface area contributed by atoms with Crippen LogP contribution in [0.3, 0.4) is 0 Å². The largest absolute Gasteiger partial charge is 0.480 e. The molecule has 2 aliphatic rings. The smallest absolute Gasteiger partial charge is 0.323 e. The first-order chi connectivity index (χ1) is 10.0. The third-order valence-electron chi connectivity index (χ3n) is 3.77. The summed E-state index contributed by atoms with van der Waals surface area (Å²) in [5.41, 5.74) is 1.95. The SMILES string of the molecule is O=C(O)CN(CC1CC1)C(=O)c1ccc2c(c1)CC(=O)N2. The van der Waals surface area contributed by atoms with Crippen molar-refractivity contribution in [1.82, 2.24) is 4.90 Å². The molecule has 1 saturated carbocycles. The predicted octanol–water partition coefficient (Wildman–Crippen LogP) is 1.12. The molecule has 110 valence electrons. The number of rotatable bonds is 5. The van der Waals surface area contributed by atoms with Crippen LogP contribution in [0.15, 0.2) is 18.2 Å². The lowest BCUT2D eigenvalue weighted by Crippen LogP contribution is -2.37.